The molecule has 154 valence electrons. The zero-order chi connectivity index (χ0) is 20.2. The average molecular weight is 424 g/mol. The summed E-state index contributed by atoms with van der Waals surface area (Å²) in [6.45, 7) is 3.63. The summed E-state index contributed by atoms with van der Waals surface area (Å²) in [6, 6.07) is -0.342. The average Bonchev–Trinajstić information content (AvgIpc) is 3.31. The number of aromatic nitrogens is 2. The van der Waals surface area contributed by atoms with Crippen molar-refractivity contribution in [2.24, 2.45) is 21.8 Å². The number of anilines is 1. The molecule has 5 rings (SSSR count). The number of halogens is 3. The van der Waals surface area contributed by atoms with E-state index in [-0.39, 0.29) is 17.5 Å². The van der Waals surface area contributed by atoms with E-state index in [0.29, 0.717) is 17.8 Å². The monoisotopic (exact) mass is 424 g/mol. The molecule has 0 amide bonds. The van der Waals surface area contributed by atoms with Crippen molar-refractivity contribution in [1.82, 2.24) is 14.7 Å². The van der Waals surface area contributed by atoms with Gasteiger partial charge in [0.2, 0.25) is 11.1 Å². The van der Waals surface area contributed by atoms with Crippen molar-refractivity contribution in [1.29, 1.82) is 0 Å². The van der Waals surface area contributed by atoms with Crippen molar-refractivity contribution in [3.05, 3.63) is 29.8 Å². The number of ether oxygens (including phenoxy) is 1. The molecule has 0 aromatic carbocycles. The Kier molecular flexibility index (Phi) is 4.37. The minimum atomic E-state index is -4.75. The van der Waals surface area contributed by atoms with Crippen LogP contribution in [-0.2, 0) is 4.74 Å². The molecule has 29 heavy (non-hydrogen) atoms. The second kappa shape index (κ2) is 6.82. The standard InChI is InChI=1S/C18H19F3N6OS/c1-9-22-17(29-26-9)27-7-10-5-6-11(8-27)14(10)24-16-23-12-3-2-4-13(15(12)25-16)28-18(19,20)21/h2-4,10-12,14H,5-8H2,1H3,(H,23,24)/t10-,11+,12?,14?. The zero-order valence-corrected chi connectivity index (χ0v) is 16.4. The summed E-state index contributed by atoms with van der Waals surface area (Å²) in [5.74, 6) is 1.68. The SMILES string of the molecule is Cc1nsc(N2C[C@H]3CC[C@@H](C2)C3NC2=NC3C=CC=C(OC(F)(F)F)C3=N2)n1. The van der Waals surface area contributed by atoms with Gasteiger partial charge in [0, 0.05) is 30.7 Å². The largest absolute Gasteiger partial charge is 0.573 e. The van der Waals surface area contributed by atoms with Gasteiger partial charge in [-0.05, 0) is 37.7 Å². The number of fused-ring (bicyclic) bond motifs is 3. The van der Waals surface area contributed by atoms with Crippen molar-refractivity contribution in [2.75, 3.05) is 18.0 Å². The quantitative estimate of drug-likeness (QED) is 0.808. The van der Waals surface area contributed by atoms with Gasteiger partial charge < -0.3 is 15.0 Å². The normalized spacial score (nSPS) is 30.6. The number of alkyl halides is 3. The highest BCUT2D eigenvalue weighted by molar-refractivity contribution is 7.09. The molecule has 1 saturated heterocycles. The zero-order valence-electron chi connectivity index (χ0n) is 15.6. The van der Waals surface area contributed by atoms with Crippen LogP contribution in [0.3, 0.4) is 0 Å². The summed E-state index contributed by atoms with van der Waals surface area (Å²) in [4.78, 5) is 15.6. The molecule has 7 nitrogen and oxygen atoms in total. The van der Waals surface area contributed by atoms with Gasteiger partial charge in [0.15, 0.2) is 5.76 Å². The summed E-state index contributed by atoms with van der Waals surface area (Å²) in [6.07, 6.45) is 1.93. The van der Waals surface area contributed by atoms with Gasteiger partial charge in [0.05, 0.1) is 0 Å². The Morgan fingerprint density at radius 1 is 1.24 bits per heavy atom. The van der Waals surface area contributed by atoms with Crippen LogP contribution in [0.25, 0.3) is 0 Å². The smallest absolute Gasteiger partial charge is 0.404 e. The molecule has 4 aliphatic rings. The van der Waals surface area contributed by atoms with E-state index in [1.54, 1.807) is 6.08 Å². The van der Waals surface area contributed by atoms with Gasteiger partial charge in [-0.25, -0.2) is 15.0 Å². The van der Waals surface area contributed by atoms with E-state index in [9.17, 15) is 13.2 Å². The number of aryl methyl sites for hydroxylation is 1. The number of hydrogen-bond donors (Lipinski definition) is 1. The van der Waals surface area contributed by atoms with E-state index in [4.69, 9.17) is 0 Å². The number of hydrogen-bond acceptors (Lipinski definition) is 8. The molecular formula is C18H19F3N6OS. The summed E-state index contributed by atoms with van der Waals surface area (Å²) < 4.78 is 46.3. The van der Waals surface area contributed by atoms with Crippen LogP contribution in [0.1, 0.15) is 18.7 Å². The van der Waals surface area contributed by atoms with Crippen LogP contribution in [0.2, 0.25) is 0 Å². The predicted molar refractivity (Wildman–Crippen MR) is 103 cm³/mol. The molecule has 3 heterocycles. The lowest BCUT2D eigenvalue weighted by molar-refractivity contribution is -0.302. The van der Waals surface area contributed by atoms with Crippen LogP contribution < -0.4 is 10.2 Å². The highest BCUT2D eigenvalue weighted by atomic mass is 32.1. The van der Waals surface area contributed by atoms with E-state index in [2.05, 4.69) is 34.3 Å². The lowest BCUT2D eigenvalue weighted by atomic mass is 9.92. The maximum absolute atomic E-state index is 12.6. The summed E-state index contributed by atoms with van der Waals surface area (Å²) >= 11 is 1.42. The van der Waals surface area contributed by atoms with E-state index >= 15 is 0 Å². The Morgan fingerprint density at radius 3 is 2.66 bits per heavy atom. The first-order valence-corrected chi connectivity index (χ1v) is 10.3. The topological polar surface area (TPSA) is 75.0 Å². The number of nitrogens with zero attached hydrogens (tertiary/aromatic N) is 5. The van der Waals surface area contributed by atoms with Gasteiger partial charge in [0.1, 0.15) is 17.6 Å². The molecule has 2 aliphatic heterocycles. The molecule has 0 spiro atoms. The van der Waals surface area contributed by atoms with Gasteiger partial charge in [0.25, 0.3) is 0 Å². The van der Waals surface area contributed by atoms with E-state index < -0.39 is 12.4 Å². The van der Waals surface area contributed by atoms with E-state index in [0.717, 1.165) is 36.9 Å². The lowest BCUT2D eigenvalue weighted by Crippen LogP contribution is -2.52. The molecule has 1 aromatic rings. The first-order chi connectivity index (χ1) is 13.9. The number of aliphatic imine (C=N–C) groups is 2. The van der Waals surface area contributed by atoms with Crippen LogP contribution in [0.4, 0.5) is 18.3 Å². The van der Waals surface area contributed by atoms with Gasteiger partial charge in [-0.15, -0.1) is 13.2 Å². The Bertz CT molecular complexity index is 922. The van der Waals surface area contributed by atoms with Gasteiger partial charge in [-0.1, -0.05) is 12.2 Å². The molecule has 2 fully saturated rings. The third-order valence-corrected chi connectivity index (χ3v) is 6.57. The molecule has 1 N–H and O–H groups in total. The van der Waals surface area contributed by atoms with Gasteiger partial charge in [-0.2, -0.15) is 4.37 Å². The summed E-state index contributed by atoms with van der Waals surface area (Å²) in [7, 11) is 0. The minimum Gasteiger partial charge on any atom is -0.404 e. The number of guanidine groups is 1. The number of piperidine rings is 1. The molecule has 4 atom stereocenters. The molecule has 11 heteroatoms. The second-order valence-electron chi connectivity index (χ2n) is 7.65. The molecule has 2 unspecified atom stereocenters. The summed E-state index contributed by atoms with van der Waals surface area (Å²) in [5, 5.41) is 4.35. The molecule has 1 saturated carbocycles. The third-order valence-electron chi connectivity index (χ3n) is 5.70. The molecule has 2 aliphatic carbocycles. The maximum atomic E-state index is 12.6. The number of rotatable bonds is 3. The number of nitrogens with one attached hydrogen (secondary N) is 1. The first-order valence-electron chi connectivity index (χ1n) is 9.48. The fourth-order valence-corrected chi connectivity index (χ4v) is 5.22. The van der Waals surface area contributed by atoms with E-state index in [1.165, 1.54) is 23.7 Å². The molecule has 2 bridgehead atoms. The number of allylic oxidation sites excluding steroid dienone is 2. The summed E-state index contributed by atoms with van der Waals surface area (Å²) in [5.41, 5.74) is 0.196. The first kappa shape index (κ1) is 18.6. The van der Waals surface area contributed by atoms with Crippen LogP contribution in [0.5, 0.6) is 0 Å². The van der Waals surface area contributed by atoms with Crippen molar-refractivity contribution in [3.63, 3.8) is 0 Å². The second-order valence-corrected chi connectivity index (χ2v) is 8.39. The Balaban J connectivity index is 1.28. The van der Waals surface area contributed by atoms with E-state index in [1.807, 2.05) is 6.92 Å². The molecule has 0 radical (unpaired) electrons. The Morgan fingerprint density at radius 2 is 2.00 bits per heavy atom. The van der Waals surface area contributed by atoms with Crippen molar-refractivity contribution in [2.45, 2.75) is 38.2 Å². The molecular weight excluding hydrogens is 405 g/mol. The fourth-order valence-electron chi connectivity index (χ4n) is 4.53. The lowest BCUT2D eigenvalue weighted by Gasteiger charge is -2.38. The van der Waals surface area contributed by atoms with Crippen molar-refractivity contribution < 1.29 is 17.9 Å². The maximum Gasteiger partial charge on any atom is 0.573 e. The highest BCUT2D eigenvalue weighted by Gasteiger charge is 2.44. The van der Waals surface area contributed by atoms with Crippen LogP contribution in [0.15, 0.2) is 34.0 Å². The van der Waals surface area contributed by atoms with Crippen molar-refractivity contribution >= 4 is 28.3 Å². The minimum absolute atomic E-state index is 0.196. The van der Waals surface area contributed by atoms with Crippen molar-refractivity contribution in [3.8, 4) is 0 Å². The fraction of sp³-hybridized carbons (Fsp3) is 0.556. The van der Waals surface area contributed by atoms with Gasteiger partial charge >= 0.3 is 6.36 Å². The highest BCUT2D eigenvalue weighted by Crippen LogP contribution is 2.39. The molecule has 1 aromatic heterocycles. The Hall–Kier alpha value is -2.43. The Labute approximate surface area is 169 Å². The van der Waals surface area contributed by atoms with Crippen LogP contribution in [-0.4, -0.2) is 52.6 Å². The van der Waals surface area contributed by atoms with Crippen LogP contribution in [0, 0.1) is 18.8 Å². The predicted octanol–water partition coefficient (Wildman–Crippen LogP) is 2.82. The van der Waals surface area contributed by atoms with Crippen LogP contribution >= 0.6 is 11.5 Å². The van der Waals surface area contributed by atoms with Gasteiger partial charge in [-0.3, -0.25) is 0 Å². The third kappa shape index (κ3) is 3.63.